The van der Waals surface area contributed by atoms with E-state index in [1.807, 2.05) is 0 Å². The lowest BCUT2D eigenvalue weighted by Gasteiger charge is -2.42. The maximum atomic E-state index is 12.8. The van der Waals surface area contributed by atoms with Gasteiger partial charge in [0.25, 0.3) is 0 Å². The van der Waals surface area contributed by atoms with Gasteiger partial charge in [-0.2, -0.15) is 0 Å². The van der Waals surface area contributed by atoms with Gasteiger partial charge in [-0.15, -0.1) is 0 Å². The van der Waals surface area contributed by atoms with Crippen molar-refractivity contribution in [2.75, 3.05) is 20.8 Å². The Hall–Kier alpha value is -0.926. The monoisotopic (exact) mass is 754 g/mol. The van der Waals surface area contributed by atoms with Gasteiger partial charge in [0.2, 0.25) is 0 Å². The van der Waals surface area contributed by atoms with Gasteiger partial charge in [-0.05, 0) is 86.3 Å². The van der Waals surface area contributed by atoms with Gasteiger partial charge in [-0.1, -0.05) is 55.0 Å². The number of hydrogen-bond acceptors (Lipinski definition) is 9. The Kier molecular flexibility index (Phi) is 16.2. The fraction of sp³-hybridized carbons (Fsp3) is 0.900. The lowest BCUT2D eigenvalue weighted by atomic mass is 9.84. The molecule has 3 saturated heterocycles. The molecule has 0 saturated carbocycles. The Morgan fingerprint density at radius 3 is 2.14 bits per heavy atom. The van der Waals surface area contributed by atoms with Gasteiger partial charge in [0, 0.05) is 32.3 Å². The van der Waals surface area contributed by atoms with E-state index >= 15 is 0 Å². The number of aldehydes is 1. The van der Waals surface area contributed by atoms with Gasteiger partial charge in [0.05, 0.1) is 69.0 Å². The summed E-state index contributed by atoms with van der Waals surface area (Å²) in [6.07, 6.45) is 7.61. The van der Waals surface area contributed by atoms with Crippen LogP contribution in [0, 0.1) is 11.8 Å². The van der Waals surface area contributed by atoms with Crippen LogP contribution in [0.15, 0.2) is 12.2 Å². The summed E-state index contributed by atoms with van der Waals surface area (Å²) in [5.74, 6) is 0.0804. The van der Waals surface area contributed by atoms with Crippen molar-refractivity contribution in [3.8, 4) is 0 Å². The third kappa shape index (κ3) is 12.6. The standard InChI is InChI=1S/C40H74O9Si2/c1-27-20-30(17-18-34-28(2)22-29(47-34)16-15-19-41)46-31(21-27)23-35-33(25-37(42)43-9)38(44-10)36(48-35)24-32(49-51(13,14)40(6,7)8)26-45-50(11,12)39(3,4)5/h19,27,29-36,38H,2,15-18,20-26H2,1,3-14H3/t27-,29?,30?,31?,32+,33+,34?,35+,36?,38-/m1/s1. The van der Waals surface area contributed by atoms with E-state index in [0.717, 1.165) is 50.4 Å². The van der Waals surface area contributed by atoms with Gasteiger partial charge < -0.3 is 37.3 Å². The Labute approximate surface area is 312 Å². The molecular weight excluding hydrogens is 681 g/mol. The van der Waals surface area contributed by atoms with E-state index in [1.165, 1.54) is 7.11 Å². The predicted molar refractivity (Wildman–Crippen MR) is 208 cm³/mol. The summed E-state index contributed by atoms with van der Waals surface area (Å²) in [4.78, 5) is 23.6. The van der Waals surface area contributed by atoms with Crippen LogP contribution in [0.2, 0.25) is 36.3 Å². The maximum Gasteiger partial charge on any atom is 0.305 e. The molecule has 0 N–H and O–H groups in total. The van der Waals surface area contributed by atoms with Crippen molar-refractivity contribution in [2.45, 2.75) is 198 Å². The largest absolute Gasteiger partial charge is 0.469 e. The molecule has 0 spiro atoms. The molecule has 10 atom stereocenters. The summed E-state index contributed by atoms with van der Waals surface area (Å²) < 4.78 is 45.2. The predicted octanol–water partition coefficient (Wildman–Crippen LogP) is 8.80. The molecule has 3 aliphatic heterocycles. The van der Waals surface area contributed by atoms with Gasteiger partial charge in [-0.25, -0.2) is 0 Å². The van der Waals surface area contributed by atoms with Crippen LogP contribution in [-0.2, 0) is 42.1 Å². The number of carbonyl (C=O) groups is 2. The van der Waals surface area contributed by atoms with Crippen molar-refractivity contribution >= 4 is 28.9 Å². The van der Waals surface area contributed by atoms with Crippen LogP contribution in [-0.4, -0.2) is 98.5 Å². The molecule has 3 fully saturated rings. The second-order valence-electron chi connectivity index (χ2n) is 18.8. The topological polar surface area (TPSA) is 98.8 Å². The van der Waals surface area contributed by atoms with Crippen LogP contribution in [0.5, 0.6) is 0 Å². The van der Waals surface area contributed by atoms with Crippen LogP contribution >= 0.6 is 0 Å². The van der Waals surface area contributed by atoms with Crippen LogP contribution in [0.25, 0.3) is 0 Å². The Balaban J connectivity index is 1.76. The molecule has 9 nitrogen and oxygen atoms in total. The zero-order valence-electron chi connectivity index (χ0n) is 34.5. The highest BCUT2D eigenvalue weighted by Crippen LogP contribution is 2.43. The Bertz CT molecular complexity index is 1130. The summed E-state index contributed by atoms with van der Waals surface area (Å²) in [6, 6.07) is 0. The van der Waals surface area contributed by atoms with Crippen LogP contribution < -0.4 is 0 Å². The van der Waals surface area contributed by atoms with Crippen molar-refractivity contribution in [1.82, 2.24) is 0 Å². The normalized spacial score (nSPS) is 31.5. The number of carbonyl (C=O) groups excluding carboxylic acids is 2. The molecule has 5 unspecified atom stereocenters. The Morgan fingerprint density at radius 1 is 0.902 bits per heavy atom. The molecule has 3 aliphatic rings. The molecule has 0 radical (unpaired) electrons. The van der Waals surface area contributed by atoms with E-state index < -0.39 is 16.6 Å². The summed E-state index contributed by atoms with van der Waals surface area (Å²) in [6.45, 7) is 29.8. The highest BCUT2D eigenvalue weighted by Gasteiger charge is 2.49. The summed E-state index contributed by atoms with van der Waals surface area (Å²) >= 11 is 0. The first-order chi connectivity index (χ1) is 23.6. The van der Waals surface area contributed by atoms with E-state index in [4.69, 9.17) is 32.5 Å². The van der Waals surface area contributed by atoms with E-state index in [2.05, 4.69) is 81.2 Å². The quantitative estimate of drug-likeness (QED) is 0.0589. The minimum atomic E-state index is -2.15. The fourth-order valence-electron chi connectivity index (χ4n) is 7.49. The van der Waals surface area contributed by atoms with E-state index in [0.29, 0.717) is 31.8 Å². The summed E-state index contributed by atoms with van der Waals surface area (Å²) in [5, 5.41) is 0.118. The lowest BCUT2D eigenvalue weighted by molar-refractivity contribution is -0.143. The minimum absolute atomic E-state index is 0.00869. The fourth-order valence-corrected chi connectivity index (χ4v) is 9.88. The molecule has 3 heterocycles. The van der Waals surface area contributed by atoms with E-state index in [1.54, 1.807) is 7.11 Å². The smallest absolute Gasteiger partial charge is 0.305 e. The molecule has 0 aromatic carbocycles. The number of ether oxygens (including phenoxy) is 5. The minimum Gasteiger partial charge on any atom is -0.469 e. The molecule has 3 rings (SSSR count). The average molecular weight is 755 g/mol. The maximum absolute atomic E-state index is 12.8. The highest BCUT2D eigenvalue weighted by atomic mass is 28.4. The SMILES string of the molecule is C=C1CC(CCC=O)OC1CCC1C[C@@H](C)CC(C[C@@H]2OC(C[C@@H](CO[Si](C)(C)C(C)(C)C)O[Si](C)(C)C(C)(C)C)[C@H](OC)[C@H]2CC(=O)OC)O1. The van der Waals surface area contributed by atoms with Crippen molar-refractivity contribution in [2.24, 2.45) is 11.8 Å². The second kappa shape index (κ2) is 18.6. The zero-order valence-corrected chi connectivity index (χ0v) is 36.5. The number of methoxy groups -OCH3 is 2. The number of rotatable bonds is 18. The van der Waals surface area contributed by atoms with Crippen molar-refractivity contribution in [3.63, 3.8) is 0 Å². The van der Waals surface area contributed by atoms with Gasteiger partial charge >= 0.3 is 5.97 Å². The summed E-state index contributed by atoms with van der Waals surface area (Å²) in [5.41, 5.74) is 1.12. The van der Waals surface area contributed by atoms with E-state index in [-0.39, 0.29) is 77.2 Å². The lowest BCUT2D eigenvalue weighted by Crippen LogP contribution is -2.49. The molecule has 0 aromatic heterocycles. The number of hydrogen-bond donors (Lipinski definition) is 0. The van der Waals surface area contributed by atoms with E-state index in [9.17, 15) is 9.59 Å². The molecule has 296 valence electrons. The van der Waals surface area contributed by atoms with Gasteiger partial charge in [0.15, 0.2) is 16.6 Å². The van der Waals surface area contributed by atoms with Crippen molar-refractivity contribution in [3.05, 3.63) is 12.2 Å². The zero-order chi connectivity index (χ0) is 38.4. The first-order valence-electron chi connectivity index (χ1n) is 19.6. The first kappa shape index (κ1) is 44.5. The first-order valence-corrected chi connectivity index (χ1v) is 25.4. The van der Waals surface area contributed by atoms with Crippen molar-refractivity contribution < 1.29 is 42.1 Å². The Morgan fingerprint density at radius 2 is 1.55 bits per heavy atom. The highest BCUT2D eigenvalue weighted by molar-refractivity contribution is 6.74. The molecule has 0 bridgehead atoms. The number of esters is 1. The van der Waals surface area contributed by atoms with Crippen LogP contribution in [0.1, 0.15) is 113 Å². The van der Waals surface area contributed by atoms with Gasteiger partial charge in [0.1, 0.15) is 6.29 Å². The molecule has 0 aromatic rings. The third-order valence-corrected chi connectivity index (χ3v) is 21.6. The van der Waals surface area contributed by atoms with Gasteiger partial charge in [-0.3, -0.25) is 4.79 Å². The summed E-state index contributed by atoms with van der Waals surface area (Å²) in [7, 11) is -1.02. The molecule has 11 heteroatoms. The molecule has 51 heavy (non-hydrogen) atoms. The van der Waals surface area contributed by atoms with Crippen LogP contribution in [0.4, 0.5) is 0 Å². The van der Waals surface area contributed by atoms with Crippen molar-refractivity contribution in [1.29, 1.82) is 0 Å². The molecule has 0 aliphatic carbocycles. The molecule has 0 amide bonds. The van der Waals surface area contributed by atoms with Crippen LogP contribution in [0.3, 0.4) is 0 Å². The second-order valence-corrected chi connectivity index (χ2v) is 28.4. The third-order valence-electron chi connectivity index (χ3n) is 12.6. The average Bonchev–Trinajstić information content (AvgIpc) is 3.53. The molecular formula is C40H74O9Si2.